The van der Waals surface area contributed by atoms with Crippen LogP contribution in [0.1, 0.15) is 34.1 Å². The van der Waals surface area contributed by atoms with Crippen LogP contribution in [-0.4, -0.2) is 42.0 Å². The van der Waals surface area contributed by atoms with Gasteiger partial charge in [-0.25, -0.2) is 19.6 Å². The first-order valence-corrected chi connectivity index (χ1v) is 17.0. The summed E-state index contributed by atoms with van der Waals surface area (Å²) < 4.78 is 0. The molecule has 0 aromatic heterocycles. The first-order chi connectivity index (χ1) is 19.4. The first-order valence-electron chi connectivity index (χ1n) is 13.6. The van der Waals surface area contributed by atoms with E-state index in [9.17, 15) is 24.7 Å². The number of hydrogen-bond donors (Lipinski definition) is 6. The number of aliphatic hydroxyl groups is 2. The fourth-order valence-corrected chi connectivity index (χ4v) is 6.81. The van der Waals surface area contributed by atoms with E-state index < -0.39 is 21.5 Å². The molecule has 41 heavy (non-hydrogen) atoms. The minimum Gasteiger partial charge on any atom is -0.393 e. The highest BCUT2D eigenvalue weighted by Gasteiger charge is 2.40. The van der Waals surface area contributed by atoms with Crippen molar-refractivity contribution in [1.29, 1.82) is 0 Å². The molecule has 0 saturated heterocycles. The van der Waals surface area contributed by atoms with Crippen LogP contribution in [0.2, 0.25) is 0 Å². The highest BCUT2D eigenvalue weighted by molar-refractivity contribution is 7.79. The molecule has 0 aliphatic carbocycles. The number of hydrogen-bond acceptors (Lipinski definition) is 6. The summed E-state index contributed by atoms with van der Waals surface area (Å²) in [5.74, 6) is 0.476. The Balaban J connectivity index is 0.000000219. The molecular formula is C33H44O6P2+2. The average Bonchev–Trinajstić information content (AvgIpc) is 2.99. The molecule has 3 atom stereocenters. The first kappa shape index (κ1) is 34.7. The Hall–Kier alpha value is -2.50. The molecule has 220 valence electrons. The molecule has 0 heterocycles. The van der Waals surface area contributed by atoms with Crippen molar-refractivity contribution in [3.63, 3.8) is 0 Å². The third-order valence-corrected chi connectivity index (χ3v) is 10.6. The standard InChI is InChI=1S/2C12H12O2P.C9H20O2/c2*13-15(14,11-7-3-1-4-8-11)12-9-5-2-6-10-12;1-6(2)5-9(11)7(3)8(4)10/h2*1-10,13-14H;6-11H,5H2,1-4H3/q2*+1;. The molecule has 0 spiro atoms. The van der Waals surface area contributed by atoms with Crippen molar-refractivity contribution in [2.45, 2.75) is 46.3 Å². The Morgan fingerprint density at radius 1 is 0.463 bits per heavy atom. The summed E-state index contributed by atoms with van der Waals surface area (Å²) in [5.41, 5.74) is 0. The molecule has 4 aromatic rings. The third kappa shape index (κ3) is 11.0. The Kier molecular flexibility index (Phi) is 14.2. The van der Waals surface area contributed by atoms with Crippen molar-refractivity contribution in [1.82, 2.24) is 0 Å². The van der Waals surface area contributed by atoms with Crippen LogP contribution in [0.25, 0.3) is 0 Å². The van der Waals surface area contributed by atoms with Gasteiger partial charge in [0, 0.05) is 5.92 Å². The highest BCUT2D eigenvalue weighted by atomic mass is 31.2. The number of rotatable bonds is 8. The van der Waals surface area contributed by atoms with Gasteiger partial charge in [-0.15, -0.1) is 0 Å². The molecule has 0 radical (unpaired) electrons. The van der Waals surface area contributed by atoms with Gasteiger partial charge in [0.2, 0.25) is 0 Å². The maximum absolute atomic E-state index is 10.1. The lowest BCUT2D eigenvalue weighted by atomic mass is 9.92. The van der Waals surface area contributed by atoms with Crippen molar-refractivity contribution in [3.8, 4) is 0 Å². The monoisotopic (exact) mass is 598 g/mol. The molecule has 0 fully saturated rings. The predicted molar refractivity (Wildman–Crippen MR) is 173 cm³/mol. The molecule has 4 aromatic carbocycles. The van der Waals surface area contributed by atoms with Crippen molar-refractivity contribution < 1.29 is 29.8 Å². The van der Waals surface area contributed by atoms with Crippen LogP contribution in [0, 0.1) is 11.8 Å². The van der Waals surface area contributed by atoms with E-state index in [1.165, 1.54) is 0 Å². The maximum atomic E-state index is 10.1. The zero-order valence-electron chi connectivity index (χ0n) is 24.1. The molecule has 0 amide bonds. The summed E-state index contributed by atoms with van der Waals surface area (Å²) in [5, 5.41) is 21.0. The van der Waals surface area contributed by atoms with Crippen molar-refractivity contribution in [2.24, 2.45) is 11.8 Å². The van der Waals surface area contributed by atoms with Gasteiger partial charge in [0.15, 0.2) is 21.2 Å². The van der Waals surface area contributed by atoms with Gasteiger partial charge in [-0.2, -0.15) is 0 Å². The van der Waals surface area contributed by atoms with Gasteiger partial charge in [0.25, 0.3) is 0 Å². The van der Waals surface area contributed by atoms with E-state index >= 15 is 0 Å². The summed E-state index contributed by atoms with van der Waals surface area (Å²) in [4.78, 5) is 40.5. The van der Waals surface area contributed by atoms with Crippen LogP contribution >= 0.6 is 15.4 Å². The predicted octanol–water partition coefficient (Wildman–Crippen LogP) is 4.35. The average molecular weight is 599 g/mol. The van der Waals surface area contributed by atoms with E-state index in [2.05, 4.69) is 13.8 Å². The van der Waals surface area contributed by atoms with Gasteiger partial charge in [0.05, 0.1) is 12.2 Å². The van der Waals surface area contributed by atoms with E-state index in [0.717, 1.165) is 6.42 Å². The second-order valence-electron chi connectivity index (χ2n) is 10.3. The highest BCUT2D eigenvalue weighted by Crippen LogP contribution is 2.47. The van der Waals surface area contributed by atoms with Crippen molar-refractivity contribution in [2.75, 3.05) is 0 Å². The fraction of sp³-hybridized carbons (Fsp3) is 0.273. The molecular weight excluding hydrogens is 554 g/mol. The second kappa shape index (κ2) is 16.8. The van der Waals surface area contributed by atoms with Gasteiger partial charge in [-0.3, -0.25) is 0 Å². The van der Waals surface area contributed by atoms with Crippen molar-refractivity contribution >= 4 is 36.7 Å². The lowest BCUT2D eigenvalue weighted by molar-refractivity contribution is 0.0206. The van der Waals surface area contributed by atoms with Crippen LogP contribution in [0.5, 0.6) is 0 Å². The topological polar surface area (TPSA) is 121 Å². The van der Waals surface area contributed by atoms with Gasteiger partial charge < -0.3 is 10.2 Å². The Morgan fingerprint density at radius 3 is 0.902 bits per heavy atom. The second-order valence-corrected chi connectivity index (χ2v) is 14.8. The van der Waals surface area contributed by atoms with Gasteiger partial charge in [0.1, 0.15) is 0 Å². The molecule has 8 heteroatoms. The lowest BCUT2D eigenvalue weighted by Crippen LogP contribution is -2.28. The van der Waals surface area contributed by atoms with Crippen LogP contribution in [-0.2, 0) is 0 Å². The lowest BCUT2D eigenvalue weighted by Gasteiger charge is -2.22. The Labute approximate surface area is 245 Å². The Bertz CT molecular complexity index is 1070. The summed E-state index contributed by atoms with van der Waals surface area (Å²) >= 11 is 0. The van der Waals surface area contributed by atoms with E-state index in [4.69, 9.17) is 5.11 Å². The van der Waals surface area contributed by atoms with Crippen LogP contribution < -0.4 is 21.2 Å². The zero-order valence-corrected chi connectivity index (χ0v) is 25.9. The normalized spacial score (nSPS) is 13.6. The van der Waals surface area contributed by atoms with Gasteiger partial charge in [-0.1, -0.05) is 93.6 Å². The molecule has 6 N–H and O–H groups in total. The molecule has 0 aliphatic heterocycles. The SMILES string of the molecule is CC(C)CC(O)C(C)C(C)O.O[P+](O)(c1ccccc1)c1ccccc1.O[P+](O)(c1ccccc1)c1ccccc1. The molecule has 0 aliphatic rings. The minimum absolute atomic E-state index is 0.0163. The van der Waals surface area contributed by atoms with E-state index in [1.807, 2.05) is 31.2 Å². The van der Waals surface area contributed by atoms with Crippen LogP contribution in [0.4, 0.5) is 0 Å². The smallest absolute Gasteiger partial charge is 0.333 e. The minimum atomic E-state index is -3.15. The molecule has 0 saturated carbocycles. The van der Waals surface area contributed by atoms with Gasteiger partial charge in [-0.05, 0) is 67.8 Å². The molecule has 0 bridgehead atoms. The van der Waals surface area contributed by atoms with Crippen LogP contribution in [0.15, 0.2) is 121 Å². The number of aliphatic hydroxyl groups excluding tert-OH is 2. The summed E-state index contributed by atoms with van der Waals surface area (Å²) in [7, 11) is -6.29. The fourth-order valence-electron chi connectivity index (χ4n) is 3.86. The summed E-state index contributed by atoms with van der Waals surface area (Å²) in [6.45, 7) is 7.72. The quantitative estimate of drug-likeness (QED) is 0.168. The third-order valence-electron chi connectivity index (χ3n) is 6.55. The van der Waals surface area contributed by atoms with Crippen LogP contribution in [0.3, 0.4) is 0 Å². The van der Waals surface area contributed by atoms with E-state index in [1.54, 1.807) is 104 Å². The maximum Gasteiger partial charge on any atom is 0.333 e. The molecule has 4 rings (SSSR count). The van der Waals surface area contributed by atoms with Crippen molar-refractivity contribution in [3.05, 3.63) is 121 Å². The van der Waals surface area contributed by atoms with E-state index in [-0.39, 0.29) is 12.0 Å². The van der Waals surface area contributed by atoms with Gasteiger partial charge >= 0.3 is 15.4 Å². The zero-order chi connectivity index (χ0) is 30.5. The Morgan fingerprint density at radius 2 is 0.707 bits per heavy atom. The van der Waals surface area contributed by atoms with E-state index in [0.29, 0.717) is 27.1 Å². The molecule has 6 nitrogen and oxygen atoms in total. The molecule has 3 unspecified atom stereocenters. The summed E-state index contributed by atoms with van der Waals surface area (Å²) in [6.07, 6.45) is -0.00903. The largest absolute Gasteiger partial charge is 0.393 e. The number of benzene rings is 4. The summed E-state index contributed by atoms with van der Waals surface area (Å²) in [6, 6.07) is 35.8.